The molecule has 158 valence electrons. The summed E-state index contributed by atoms with van der Waals surface area (Å²) < 4.78 is 10.1. The molecule has 2 amide bonds. The van der Waals surface area contributed by atoms with Crippen molar-refractivity contribution in [2.45, 2.75) is 64.1 Å². The quantitative estimate of drug-likeness (QED) is 0.226. The summed E-state index contributed by atoms with van der Waals surface area (Å²) in [5, 5.41) is 14.5. The van der Waals surface area contributed by atoms with Gasteiger partial charge in [-0.2, -0.15) is 0 Å². The second-order valence-electron chi connectivity index (χ2n) is 6.93. The van der Waals surface area contributed by atoms with Crippen LogP contribution in [0, 0.1) is 0 Å². The van der Waals surface area contributed by atoms with Crippen LogP contribution in [0.25, 0.3) is 0 Å². The number of rotatable bonds is 13. The Balaban J connectivity index is 2.89. The Morgan fingerprint density at radius 3 is 2.32 bits per heavy atom. The van der Waals surface area contributed by atoms with E-state index in [0.717, 1.165) is 0 Å². The van der Waals surface area contributed by atoms with Crippen molar-refractivity contribution in [1.82, 2.24) is 10.6 Å². The van der Waals surface area contributed by atoms with Crippen LogP contribution in [0.1, 0.15) is 46.5 Å². The zero-order valence-electron chi connectivity index (χ0n) is 16.7. The fourth-order valence-electron chi connectivity index (χ4n) is 2.50. The molecular formula is C19H30N2O7. The van der Waals surface area contributed by atoms with Gasteiger partial charge in [-0.15, -0.1) is 6.58 Å². The number of carbonyl (C=O) groups excluding carboxylic acids is 4. The van der Waals surface area contributed by atoms with E-state index in [2.05, 4.69) is 17.2 Å². The molecule has 1 fully saturated rings. The van der Waals surface area contributed by atoms with Gasteiger partial charge < -0.3 is 25.2 Å². The average molecular weight is 398 g/mol. The van der Waals surface area contributed by atoms with Gasteiger partial charge in [-0.3, -0.25) is 19.2 Å². The fraction of sp³-hybridized carbons (Fsp3) is 0.684. The first-order valence-corrected chi connectivity index (χ1v) is 9.38. The number of ketones is 1. The summed E-state index contributed by atoms with van der Waals surface area (Å²) in [4.78, 5) is 48.7. The van der Waals surface area contributed by atoms with Crippen LogP contribution >= 0.6 is 0 Å². The van der Waals surface area contributed by atoms with Crippen LogP contribution in [0.5, 0.6) is 0 Å². The van der Waals surface area contributed by atoms with Crippen molar-refractivity contribution in [2.75, 3.05) is 19.8 Å². The molecule has 0 spiro atoms. The lowest BCUT2D eigenvalue weighted by Crippen LogP contribution is -2.55. The van der Waals surface area contributed by atoms with Crippen LogP contribution in [0.15, 0.2) is 12.2 Å². The smallest absolute Gasteiger partial charge is 0.305 e. The van der Waals surface area contributed by atoms with Crippen molar-refractivity contribution in [3.8, 4) is 0 Å². The molecule has 1 saturated heterocycles. The molecule has 3 N–H and O–H groups in total. The third-order valence-electron chi connectivity index (χ3n) is 4.21. The van der Waals surface area contributed by atoms with E-state index < -0.39 is 42.0 Å². The predicted molar refractivity (Wildman–Crippen MR) is 100 cm³/mol. The summed E-state index contributed by atoms with van der Waals surface area (Å²) in [5.74, 6) is -2.00. The van der Waals surface area contributed by atoms with Crippen molar-refractivity contribution in [2.24, 2.45) is 0 Å². The van der Waals surface area contributed by atoms with Crippen LogP contribution in [0.3, 0.4) is 0 Å². The minimum atomic E-state index is -1.30. The Bertz CT molecular complexity index is 613. The molecule has 0 aromatic heterocycles. The lowest BCUT2D eigenvalue weighted by atomic mass is 9.94. The minimum Gasteiger partial charge on any atom is -0.463 e. The van der Waals surface area contributed by atoms with Crippen LogP contribution in [0.4, 0.5) is 0 Å². The molecule has 3 unspecified atom stereocenters. The maximum atomic E-state index is 12.7. The van der Waals surface area contributed by atoms with Gasteiger partial charge in [0.15, 0.2) is 11.4 Å². The van der Waals surface area contributed by atoms with Gasteiger partial charge in [0.1, 0.15) is 12.6 Å². The number of hydrogen-bond donors (Lipinski definition) is 3. The summed E-state index contributed by atoms with van der Waals surface area (Å²) in [5.41, 5.74) is -0.653. The average Bonchev–Trinajstić information content (AvgIpc) is 3.44. The molecule has 9 nitrogen and oxygen atoms in total. The number of ether oxygens (including phenoxy) is 2. The predicted octanol–water partition coefficient (Wildman–Crippen LogP) is 0.00590. The number of nitrogens with one attached hydrogen (secondary N) is 2. The second-order valence-corrected chi connectivity index (χ2v) is 6.93. The second kappa shape index (κ2) is 10.9. The highest BCUT2D eigenvalue weighted by molar-refractivity contribution is 5.98. The number of aliphatic hydroxyl groups excluding tert-OH is 1. The van der Waals surface area contributed by atoms with E-state index in [4.69, 9.17) is 9.47 Å². The van der Waals surface area contributed by atoms with Gasteiger partial charge in [0.25, 0.3) is 0 Å². The molecule has 1 heterocycles. The van der Waals surface area contributed by atoms with Crippen molar-refractivity contribution in [3.63, 3.8) is 0 Å². The number of amides is 2. The SMILES string of the molecule is C=C(C)CC(NC(=O)C(COC(=O)CC)NC(=O)CCC)C(=O)C1(CO)CO1. The first-order chi connectivity index (χ1) is 13.2. The fourth-order valence-corrected chi connectivity index (χ4v) is 2.50. The highest BCUT2D eigenvalue weighted by Gasteiger charge is 2.54. The van der Waals surface area contributed by atoms with Crippen molar-refractivity contribution in [1.29, 1.82) is 0 Å². The van der Waals surface area contributed by atoms with Gasteiger partial charge in [0, 0.05) is 12.8 Å². The first-order valence-electron chi connectivity index (χ1n) is 9.38. The van der Waals surface area contributed by atoms with Crippen molar-refractivity contribution >= 4 is 23.6 Å². The number of Topliss-reactive ketones (excluding diaryl/α,β-unsaturated/α-hetero) is 1. The Labute approximate surface area is 164 Å². The molecule has 0 bridgehead atoms. The maximum Gasteiger partial charge on any atom is 0.305 e. The van der Waals surface area contributed by atoms with Gasteiger partial charge in [0.05, 0.1) is 19.3 Å². The standard InChI is InChI=1S/C19H30N2O7/c1-5-7-15(23)20-14(9-27-16(24)6-2)18(26)21-13(8-12(3)4)17(25)19(10-22)11-28-19/h13-14,22H,3,5-11H2,1-2,4H3,(H,20,23)(H,21,26). The number of esters is 1. The van der Waals surface area contributed by atoms with Gasteiger partial charge in [0.2, 0.25) is 11.8 Å². The van der Waals surface area contributed by atoms with E-state index in [1.165, 1.54) is 0 Å². The van der Waals surface area contributed by atoms with Gasteiger partial charge >= 0.3 is 5.97 Å². The van der Waals surface area contributed by atoms with Crippen molar-refractivity contribution in [3.05, 3.63) is 12.2 Å². The summed E-state index contributed by atoms with van der Waals surface area (Å²) >= 11 is 0. The zero-order chi connectivity index (χ0) is 21.3. The number of aliphatic hydroxyl groups is 1. The Kier molecular flexibility index (Phi) is 9.27. The molecule has 0 radical (unpaired) electrons. The monoisotopic (exact) mass is 398 g/mol. The number of epoxide rings is 1. The van der Waals surface area contributed by atoms with E-state index in [0.29, 0.717) is 12.0 Å². The summed E-state index contributed by atoms with van der Waals surface area (Å²) in [6.45, 7) is 8.13. The Hall–Kier alpha value is -2.26. The molecule has 0 aromatic carbocycles. The first kappa shape index (κ1) is 23.8. The van der Waals surface area contributed by atoms with E-state index in [1.54, 1.807) is 13.8 Å². The minimum absolute atomic E-state index is 0.0790. The van der Waals surface area contributed by atoms with Gasteiger partial charge in [-0.05, 0) is 19.8 Å². The molecule has 28 heavy (non-hydrogen) atoms. The molecule has 1 aliphatic heterocycles. The summed E-state index contributed by atoms with van der Waals surface area (Å²) in [7, 11) is 0. The largest absolute Gasteiger partial charge is 0.463 e. The molecule has 1 rings (SSSR count). The third-order valence-corrected chi connectivity index (χ3v) is 4.21. The lowest BCUT2D eigenvalue weighted by molar-refractivity contribution is -0.146. The summed E-state index contributed by atoms with van der Waals surface area (Å²) in [6, 6.07) is -2.12. The topological polar surface area (TPSA) is 134 Å². The van der Waals surface area contributed by atoms with E-state index in [9.17, 15) is 24.3 Å². The number of hydrogen-bond acceptors (Lipinski definition) is 7. The van der Waals surface area contributed by atoms with Gasteiger partial charge in [-0.25, -0.2) is 0 Å². The van der Waals surface area contributed by atoms with Crippen LogP contribution < -0.4 is 10.6 Å². The van der Waals surface area contributed by atoms with Crippen LogP contribution in [0.2, 0.25) is 0 Å². The van der Waals surface area contributed by atoms with Crippen LogP contribution in [-0.2, 0) is 28.7 Å². The molecule has 9 heteroatoms. The molecule has 3 atom stereocenters. The molecular weight excluding hydrogens is 368 g/mol. The van der Waals surface area contributed by atoms with Crippen LogP contribution in [-0.4, -0.2) is 66.2 Å². The molecule has 0 aliphatic carbocycles. The molecule has 1 aliphatic rings. The number of carbonyl (C=O) groups is 4. The molecule has 0 saturated carbocycles. The van der Waals surface area contributed by atoms with E-state index >= 15 is 0 Å². The highest BCUT2D eigenvalue weighted by atomic mass is 16.6. The Morgan fingerprint density at radius 1 is 1.21 bits per heavy atom. The lowest BCUT2D eigenvalue weighted by Gasteiger charge is -2.24. The van der Waals surface area contributed by atoms with E-state index in [1.807, 2.05) is 6.92 Å². The van der Waals surface area contributed by atoms with Gasteiger partial charge in [-0.1, -0.05) is 19.4 Å². The Morgan fingerprint density at radius 2 is 1.86 bits per heavy atom. The maximum absolute atomic E-state index is 12.7. The third kappa shape index (κ3) is 7.05. The molecule has 0 aromatic rings. The summed E-state index contributed by atoms with van der Waals surface area (Å²) in [6.07, 6.45) is 1.08. The van der Waals surface area contributed by atoms with E-state index in [-0.39, 0.29) is 38.4 Å². The normalized spacial score (nSPS) is 19.9. The zero-order valence-corrected chi connectivity index (χ0v) is 16.7. The highest BCUT2D eigenvalue weighted by Crippen LogP contribution is 2.29. The van der Waals surface area contributed by atoms with Crippen molar-refractivity contribution < 1.29 is 33.8 Å².